The van der Waals surface area contributed by atoms with Crippen LogP contribution in [0.15, 0.2) is 11.6 Å². The van der Waals surface area contributed by atoms with Gasteiger partial charge in [-0.25, -0.2) is 0 Å². The van der Waals surface area contributed by atoms with Crippen LogP contribution in [0.25, 0.3) is 0 Å². The molecule has 102 valence electrons. The van der Waals surface area contributed by atoms with Crippen molar-refractivity contribution in [3.05, 3.63) is 11.6 Å². The Morgan fingerprint density at radius 3 is 2.67 bits per heavy atom. The molecule has 0 aliphatic heterocycles. The van der Waals surface area contributed by atoms with E-state index in [1.165, 1.54) is 12.0 Å². The van der Waals surface area contributed by atoms with E-state index < -0.39 is 11.4 Å². The summed E-state index contributed by atoms with van der Waals surface area (Å²) >= 11 is 0. The molecule has 0 saturated carbocycles. The molecule has 1 aliphatic rings. The molecule has 0 spiro atoms. The zero-order valence-corrected chi connectivity index (χ0v) is 11.3. The Hall–Kier alpha value is -1.32. The first-order valence-corrected chi connectivity index (χ1v) is 6.55. The number of allylic oxidation sites excluding steroid dienone is 1. The van der Waals surface area contributed by atoms with Crippen molar-refractivity contribution in [2.24, 2.45) is 5.41 Å². The van der Waals surface area contributed by atoms with Crippen molar-refractivity contribution in [2.45, 2.75) is 52.4 Å². The molecular weight excluding hydrogens is 230 g/mol. The first kappa shape index (κ1) is 14.7. The predicted molar refractivity (Wildman–Crippen MR) is 70.2 cm³/mol. The van der Waals surface area contributed by atoms with Crippen LogP contribution in [0.5, 0.6) is 0 Å². The van der Waals surface area contributed by atoms with Crippen LogP contribution in [0.3, 0.4) is 0 Å². The maximum atomic E-state index is 11.7. The van der Waals surface area contributed by atoms with E-state index in [0.717, 1.165) is 19.3 Å². The number of hydrogen-bond donors (Lipinski definition) is 2. The topological polar surface area (TPSA) is 66.4 Å². The van der Waals surface area contributed by atoms with Crippen molar-refractivity contribution < 1.29 is 14.7 Å². The van der Waals surface area contributed by atoms with E-state index in [-0.39, 0.29) is 18.7 Å². The van der Waals surface area contributed by atoms with Crippen LogP contribution in [-0.4, -0.2) is 23.5 Å². The third kappa shape index (κ3) is 5.84. The summed E-state index contributed by atoms with van der Waals surface area (Å²) in [5, 5.41) is 11.6. The number of rotatable bonds is 7. The van der Waals surface area contributed by atoms with Gasteiger partial charge in [-0.15, -0.1) is 0 Å². The summed E-state index contributed by atoms with van der Waals surface area (Å²) in [5.41, 5.74) is 0.947. The average Bonchev–Trinajstić information content (AvgIpc) is 2.66. The molecule has 2 N–H and O–H groups in total. The molecule has 0 aromatic carbocycles. The number of carboxylic acid groups (broad SMARTS) is 1. The van der Waals surface area contributed by atoms with Gasteiger partial charge < -0.3 is 10.4 Å². The number of carboxylic acids is 1. The number of aliphatic carboxylic acids is 1. The maximum absolute atomic E-state index is 11.7. The summed E-state index contributed by atoms with van der Waals surface area (Å²) in [6.45, 7) is 4.27. The lowest BCUT2D eigenvalue weighted by atomic mass is 9.85. The molecule has 0 saturated heterocycles. The predicted octanol–water partition coefficient (Wildman–Crippen LogP) is 2.49. The van der Waals surface area contributed by atoms with Crippen molar-refractivity contribution in [2.75, 3.05) is 6.54 Å². The van der Waals surface area contributed by atoms with Crippen LogP contribution >= 0.6 is 0 Å². The van der Waals surface area contributed by atoms with Gasteiger partial charge in [0.05, 0.1) is 6.42 Å². The van der Waals surface area contributed by atoms with Crippen molar-refractivity contribution in [1.29, 1.82) is 0 Å². The summed E-state index contributed by atoms with van der Waals surface area (Å²) in [5.74, 6) is -0.913. The van der Waals surface area contributed by atoms with Gasteiger partial charge in [0.1, 0.15) is 0 Å². The molecule has 0 aromatic rings. The maximum Gasteiger partial charge on any atom is 0.303 e. The molecule has 4 nitrogen and oxygen atoms in total. The van der Waals surface area contributed by atoms with Crippen molar-refractivity contribution in [1.82, 2.24) is 5.32 Å². The minimum Gasteiger partial charge on any atom is -0.481 e. The third-order valence-electron chi connectivity index (χ3n) is 3.17. The van der Waals surface area contributed by atoms with Gasteiger partial charge in [0.25, 0.3) is 0 Å². The first-order chi connectivity index (χ1) is 8.39. The second-order valence-corrected chi connectivity index (χ2v) is 5.77. The highest BCUT2D eigenvalue weighted by molar-refractivity contribution is 5.77. The molecule has 0 atom stereocenters. The molecule has 0 aromatic heterocycles. The fraction of sp³-hybridized carbons (Fsp3) is 0.714. The lowest BCUT2D eigenvalue weighted by Gasteiger charge is -2.21. The largest absolute Gasteiger partial charge is 0.481 e. The molecule has 1 aliphatic carbocycles. The van der Waals surface area contributed by atoms with E-state index in [0.29, 0.717) is 6.54 Å². The second-order valence-electron chi connectivity index (χ2n) is 5.77. The van der Waals surface area contributed by atoms with Gasteiger partial charge in [-0.2, -0.15) is 0 Å². The Bertz CT molecular complexity index is 345. The number of amides is 1. The summed E-state index contributed by atoms with van der Waals surface area (Å²) in [6, 6.07) is 0. The SMILES string of the molecule is CC(C)(CC(=O)O)CC(=O)NCCC1=CCCC1. The molecule has 1 rings (SSSR count). The van der Waals surface area contributed by atoms with Gasteiger partial charge in [-0.05, 0) is 31.1 Å². The van der Waals surface area contributed by atoms with Gasteiger partial charge in [0.15, 0.2) is 0 Å². The summed E-state index contributed by atoms with van der Waals surface area (Å²) < 4.78 is 0. The Morgan fingerprint density at radius 1 is 1.39 bits per heavy atom. The standard InChI is InChI=1S/C14H23NO3/c1-14(2,10-13(17)18)9-12(16)15-8-7-11-5-3-4-6-11/h5H,3-4,6-10H2,1-2H3,(H,15,16)(H,17,18). The zero-order valence-electron chi connectivity index (χ0n) is 11.3. The Labute approximate surface area is 108 Å². The lowest BCUT2D eigenvalue weighted by molar-refractivity contribution is -0.139. The van der Waals surface area contributed by atoms with Crippen LogP contribution in [-0.2, 0) is 9.59 Å². The molecule has 0 unspecified atom stereocenters. The van der Waals surface area contributed by atoms with Crippen LogP contribution < -0.4 is 5.32 Å². The van der Waals surface area contributed by atoms with Crippen LogP contribution in [0.2, 0.25) is 0 Å². The van der Waals surface area contributed by atoms with Gasteiger partial charge in [-0.3, -0.25) is 9.59 Å². The van der Waals surface area contributed by atoms with Gasteiger partial charge in [-0.1, -0.05) is 25.5 Å². The Balaban J connectivity index is 2.22. The summed E-state index contributed by atoms with van der Waals surface area (Å²) in [6.07, 6.45) is 7.00. The molecule has 0 heterocycles. The molecule has 0 fully saturated rings. The normalized spacial score (nSPS) is 15.3. The minimum atomic E-state index is -0.857. The monoisotopic (exact) mass is 253 g/mol. The fourth-order valence-electron chi connectivity index (χ4n) is 2.30. The van der Waals surface area contributed by atoms with E-state index in [9.17, 15) is 9.59 Å². The van der Waals surface area contributed by atoms with Crippen molar-refractivity contribution in [3.8, 4) is 0 Å². The quantitative estimate of drug-likeness (QED) is 0.685. The number of carbonyl (C=O) groups excluding carboxylic acids is 1. The molecule has 1 amide bonds. The third-order valence-corrected chi connectivity index (χ3v) is 3.17. The van der Waals surface area contributed by atoms with E-state index in [4.69, 9.17) is 5.11 Å². The van der Waals surface area contributed by atoms with Gasteiger partial charge >= 0.3 is 5.97 Å². The van der Waals surface area contributed by atoms with E-state index in [1.54, 1.807) is 13.8 Å². The van der Waals surface area contributed by atoms with E-state index in [2.05, 4.69) is 11.4 Å². The molecular formula is C14H23NO3. The smallest absolute Gasteiger partial charge is 0.303 e. The van der Waals surface area contributed by atoms with Gasteiger partial charge in [0, 0.05) is 13.0 Å². The zero-order chi connectivity index (χ0) is 13.6. The summed E-state index contributed by atoms with van der Waals surface area (Å²) in [4.78, 5) is 22.3. The number of nitrogens with one attached hydrogen (secondary N) is 1. The highest BCUT2D eigenvalue weighted by Crippen LogP contribution is 2.25. The molecule has 0 radical (unpaired) electrons. The number of carbonyl (C=O) groups is 2. The average molecular weight is 253 g/mol. The van der Waals surface area contributed by atoms with Crippen molar-refractivity contribution in [3.63, 3.8) is 0 Å². The highest BCUT2D eigenvalue weighted by atomic mass is 16.4. The Kier molecular flexibility index (Phi) is 5.38. The van der Waals surface area contributed by atoms with Crippen LogP contribution in [0.4, 0.5) is 0 Å². The van der Waals surface area contributed by atoms with Gasteiger partial charge in [0.2, 0.25) is 5.91 Å². The molecule has 0 bridgehead atoms. The van der Waals surface area contributed by atoms with E-state index >= 15 is 0 Å². The molecule has 18 heavy (non-hydrogen) atoms. The fourth-order valence-corrected chi connectivity index (χ4v) is 2.30. The second kappa shape index (κ2) is 6.57. The van der Waals surface area contributed by atoms with Crippen LogP contribution in [0, 0.1) is 5.41 Å². The van der Waals surface area contributed by atoms with Crippen molar-refractivity contribution >= 4 is 11.9 Å². The first-order valence-electron chi connectivity index (χ1n) is 6.55. The van der Waals surface area contributed by atoms with Crippen LogP contribution in [0.1, 0.15) is 52.4 Å². The van der Waals surface area contributed by atoms with E-state index in [1.807, 2.05) is 0 Å². The summed E-state index contributed by atoms with van der Waals surface area (Å²) in [7, 11) is 0. The molecule has 4 heteroatoms. The highest BCUT2D eigenvalue weighted by Gasteiger charge is 2.24. The minimum absolute atomic E-state index is 0.0194. The number of hydrogen-bond acceptors (Lipinski definition) is 2. The Morgan fingerprint density at radius 2 is 2.11 bits per heavy atom. The lowest BCUT2D eigenvalue weighted by Crippen LogP contribution is -2.30.